The second-order valence-corrected chi connectivity index (χ2v) is 5.02. The Hall–Kier alpha value is -1.69. The molecule has 1 rings (SSSR count). The van der Waals surface area contributed by atoms with Crippen molar-refractivity contribution >= 4 is 5.97 Å². The van der Waals surface area contributed by atoms with E-state index in [-0.39, 0.29) is 18.4 Å². The summed E-state index contributed by atoms with van der Waals surface area (Å²) in [5, 5.41) is 3.07. The van der Waals surface area contributed by atoms with Gasteiger partial charge in [0.15, 0.2) is 0 Å². The molecule has 1 N–H and O–H groups in total. The third kappa shape index (κ3) is 4.39. The molecule has 0 saturated heterocycles. The van der Waals surface area contributed by atoms with Crippen LogP contribution in [0.15, 0.2) is 24.3 Å². The minimum Gasteiger partial charge on any atom is -0.464 e. The van der Waals surface area contributed by atoms with Gasteiger partial charge in [0.25, 0.3) is 0 Å². The standard InChI is InChI=1S/C15H21F2NO3/c1-5-20-13(19)15(4,18-10(2)3)11-8-6-7-9-12(11)21-14(16)17/h6-10,14,18H,5H2,1-4H3. The normalized spacial score (nSPS) is 14.1. The van der Waals surface area contributed by atoms with Gasteiger partial charge in [-0.05, 0) is 33.8 Å². The molecule has 6 heteroatoms. The first kappa shape index (κ1) is 17.4. The van der Waals surface area contributed by atoms with E-state index in [9.17, 15) is 13.6 Å². The maximum absolute atomic E-state index is 12.5. The molecule has 1 aromatic carbocycles. The first-order chi connectivity index (χ1) is 9.81. The largest absolute Gasteiger partial charge is 0.464 e. The highest BCUT2D eigenvalue weighted by atomic mass is 19.3. The molecule has 0 aliphatic heterocycles. The van der Waals surface area contributed by atoms with E-state index in [0.717, 1.165) is 0 Å². The molecular weight excluding hydrogens is 280 g/mol. The van der Waals surface area contributed by atoms with E-state index in [4.69, 9.17) is 4.74 Å². The zero-order valence-electron chi connectivity index (χ0n) is 12.7. The second-order valence-electron chi connectivity index (χ2n) is 5.02. The van der Waals surface area contributed by atoms with Crippen LogP contribution in [0.25, 0.3) is 0 Å². The van der Waals surface area contributed by atoms with Gasteiger partial charge >= 0.3 is 12.6 Å². The molecule has 0 heterocycles. The molecule has 1 aromatic rings. The Morgan fingerprint density at radius 3 is 2.48 bits per heavy atom. The van der Waals surface area contributed by atoms with Gasteiger partial charge < -0.3 is 9.47 Å². The Morgan fingerprint density at radius 1 is 1.33 bits per heavy atom. The van der Waals surface area contributed by atoms with Crippen LogP contribution in [-0.4, -0.2) is 25.2 Å². The monoisotopic (exact) mass is 301 g/mol. The molecule has 118 valence electrons. The Kier molecular flexibility index (Phi) is 6.08. The molecule has 0 radical (unpaired) electrons. The topological polar surface area (TPSA) is 47.6 Å². The number of para-hydroxylation sites is 1. The van der Waals surface area contributed by atoms with Crippen LogP contribution in [0, 0.1) is 0 Å². The van der Waals surface area contributed by atoms with Crippen molar-refractivity contribution in [3.63, 3.8) is 0 Å². The van der Waals surface area contributed by atoms with Crippen LogP contribution in [0.3, 0.4) is 0 Å². The van der Waals surface area contributed by atoms with Gasteiger partial charge in [0.1, 0.15) is 11.3 Å². The minimum absolute atomic E-state index is 0.0452. The third-order valence-corrected chi connectivity index (χ3v) is 2.90. The molecule has 4 nitrogen and oxygen atoms in total. The number of rotatable bonds is 7. The van der Waals surface area contributed by atoms with Crippen LogP contribution in [0.5, 0.6) is 5.75 Å². The lowest BCUT2D eigenvalue weighted by Crippen LogP contribution is -2.50. The average Bonchev–Trinajstić information content (AvgIpc) is 2.37. The van der Waals surface area contributed by atoms with Gasteiger partial charge in [0.05, 0.1) is 6.61 Å². The first-order valence-corrected chi connectivity index (χ1v) is 6.80. The van der Waals surface area contributed by atoms with E-state index in [0.29, 0.717) is 5.56 Å². The average molecular weight is 301 g/mol. The highest BCUT2D eigenvalue weighted by Crippen LogP contribution is 2.32. The molecule has 0 aliphatic rings. The lowest BCUT2D eigenvalue weighted by molar-refractivity contribution is -0.151. The van der Waals surface area contributed by atoms with E-state index in [1.807, 2.05) is 13.8 Å². The molecule has 0 spiro atoms. The van der Waals surface area contributed by atoms with E-state index >= 15 is 0 Å². The maximum atomic E-state index is 12.5. The summed E-state index contributed by atoms with van der Waals surface area (Å²) in [7, 11) is 0. The predicted molar refractivity (Wildman–Crippen MR) is 75.3 cm³/mol. The van der Waals surface area contributed by atoms with E-state index in [1.165, 1.54) is 6.07 Å². The maximum Gasteiger partial charge on any atom is 0.387 e. The number of hydrogen-bond donors (Lipinski definition) is 1. The van der Waals surface area contributed by atoms with E-state index in [2.05, 4.69) is 10.1 Å². The molecule has 0 amide bonds. The van der Waals surface area contributed by atoms with Crippen molar-refractivity contribution < 1.29 is 23.0 Å². The van der Waals surface area contributed by atoms with Crippen LogP contribution < -0.4 is 10.1 Å². The van der Waals surface area contributed by atoms with Crippen LogP contribution in [0.1, 0.15) is 33.3 Å². The highest BCUT2D eigenvalue weighted by molar-refractivity contribution is 5.83. The van der Waals surface area contributed by atoms with Crippen LogP contribution in [-0.2, 0) is 15.1 Å². The zero-order chi connectivity index (χ0) is 16.0. The van der Waals surface area contributed by atoms with Crippen molar-refractivity contribution in [2.45, 2.75) is 45.9 Å². The number of hydrogen-bond acceptors (Lipinski definition) is 4. The van der Waals surface area contributed by atoms with Gasteiger partial charge in [-0.2, -0.15) is 8.78 Å². The third-order valence-electron chi connectivity index (χ3n) is 2.90. The minimum atomic E-state index is -2.96. The summed E-state index contributed by atoms with van der Waals surface area (Å²) in [6.45, 7) is 4.24. The van der Waals surface area contributed by atoms with Gasteiger partial charge in [0, 0.05) is 11.6 Å². The van der Waals surface area contributed by atoms with Crippen LogP contribution >= 0.6 is 0 Å². The summed E-state index contributed by atoms with van der Waals surface area (Å²) in [4.78, 5) is 12.3. The van der Waals surface area contributed by atoms with Crippen molar-refractivity contribution in [1.29, 1.82) is 0 Å². The molecule has 0 fully saturated rings. The van der Waals surface area contributed by atoms with Gasteiger partial charge in [-0.1, -0.05) is 18.2 Å². The Morgan fingerprint density at radius 2 is 1.95 bits per heavy atom. The molecule has 1 unspecified atom stereocenters. The molecular formula is C15H21F2NO3. The summed E-state index contributed by atoms with van der Waals surface area (Å²) >= 11 is 0. The smallest absolute Gasteiger partial charge is 0.387 e. The highest BCUT2D eigenvalue weighted by Gasteiger charge is 2.39. The Balaban J connectivity index is 3.28. The molecule has 21 heavy (non-hydrogen) atoms. The lowest BCUT2D eigenvalue weighted by Gasteiger charge is -2.32. The predicted octanol–water partition coefficient (Wildman–Crippen LogP) is 3.06. The molecule has 0 bridgehead atoms. The number of halogens is 2. The number of esters is 1. The summed E-state index contributed by atoms with van der Waals surface area (Å²) in [5.74, 6) is -0.583. The van der Waals surface area contributed by atoms with Crippen molar-refractivity contribution in [3.05, 3.63) is 29.8 Å². The molecule has 0 aromatic heterocycles. The fourth-order valence-electron chi connectivity index (χ4n) is 2.18. The quantitative estimate of drug-likeness (QED) is 0.786. The number of carbonyl (C=O) groups excluding carboxylic acids is 1. The lowest BCUT2D eigenvalue weighted by atomic mass is 9.90. The fourth-order valence-corrected chi connectivity index (χ4v) is 2.18. The van der Waals surface area contributed by atoms with Gasteiger partial charge in [-0.3, -0.25) is 5.32 Å². The second kappa shape index (κ2) is 7.36. The molecule has 0 aliphatic carbocycles. The Labute approximate surface area is 123 Å². The van der Waals surface area contributed by atoms with Gasteiger partial charge in [-0.15, -0.1) is 0 Å². The molecule has 1 atom stereocenters. The number of benzene rings is 1. The SMILES string of the molecule is CCOC(=O)C(C)(NC(C)C)c1ccccc1OC(F)F. The van der Waals surface area contributed by atoms with Crippen molar-refractivity contribution in [2.24, 2.45) is 0 Å². The fraction of sp³-hybridized carbons (Fsp3) is 0.533. The van der Waals surface area contributed by atoms with Gasteiger partial charge in [0.2, 0.25) is 0 Å². The summed E-state index contributed by atoms with van der Waals surface area (Å²) in [5.41, 5.74) is -0.951. The first-order valence-electron chi connectivity index (χ1n) is 6.80. The Bertz CT molecular complexity index is 480. The van der Waals surface area contributed by atoms with Crippen molar-refractivity contribution in [1.82, 2.24) is 5.32 Å². The van der Waals surface area contributed by atoms with E-state index < -0.39 is 18.1 Å². The van der Waals surface area contributed by atoms with Crippen LogP contribution in [0.4, 0.5) is 8.78 Å². The summed E-state index contributed by atoms with van der Waals surface area (Å²) < 4.78 is 34.7. The number of carbonyl (C=O) groups is 1. The van der Waals surface area contributed by atoms with Crippen LogP contribution in [0.2, 0.25) is 0 Å². The summed E-state index contributed by atoms with van der Waals surface area (Å²) in [6, 6.07) is 6.15. The number of alkyl halides is 2. The van der Waals surface area contributed by atoms with Crippen molar-refractivity contribution in [3.8, 4) is 5.75 Å². The van der Waals surface area contributed by atoms with E-state index in [1.54, 1.807) is 32.0 Å². The zero-order valence-corrected chi connectivity index (χ0v) is 12.7. The van der Waals surface area contributed by atoms with Crippen molar-refractivity contribution in [2.75, 3.05) is 6.61 Å². The number of nitrogens with one attached hydrogen (secondary N) is 1. The number of ether oxygens (including phenoxy) is 2. The molecule has 0 saturated carbocycles. The summed E-state index contributed by atoms with van der Waals surface area (Å²) in [6.07, 6.45) is 0. The van der Waals surface area contributed by atoms with Gasteiger partial charge in [-0.25, -0.2) is 4.79 Å².